The molecule has 1 aromatic carbocycles. The molecule has 0 unspecified atom stereocenters. The first-order valence-corrected chi connectivity index (χ1v) is 3.60. The third kappa shape index (κ3) is 1.01. The highest BCUT2D eigenvalue weighted by Crippen LogP contribution is 2.24. The van der Waals surface area contributed by atoms with Gasteiger partial charge in [0.05, 0.1) is 10.5 Å². The number of nitro benzene ring substituents is 1. The maximum absolute atomic E-state index is 10.5. The molecule has 0 saturated carbocycles. The quantitative estimate of drug-likeness (QED) is 0.516. The van der Waals surface area contributed by atoms with E-state index in [9.17, 15) is 10.1 Å². The second-order valence-corrected chi connectivity index (χ2v) is 2.60. The second kappa shape index (κ2) is 2.48. The fraction of sp³-hybridized carbons (Fsp3) is 0. The SMILES string of the molecule is N=C1N=Cc2c1cccc2[N+](=O)[O-]. The van der Waals surface area contributed by atoms with Gasteiger partial charge in [-0.15, -0.1) is 0 Å². The normalized spacial score (nSPS) is 13.1. The Bertz CT molecular complexity index is 437. The van der Waals surface area contributed by atoms with Crippen LogP contribution in [-0.4, -0.2) is 17.0 Å². The van der Waals surface area contributed by atoms with Crippen LogP contribution in [0.4, 0.5) is 5.69 Å². The van der Waals surface area contributed by atoms with Gasteiger partial charge in [-0.2, -0.15) is 0 Å². The molecular formula is C8H5N3O2. The van der Waals surface area contributed by atoms with Gasteiger partial charge in [-0.3, -0.25) is 15.5 Å². The number of amidine groups is 1. The fourth-order valence-electron chi connectivity index (χ4n) is 1.25. The molecule has 0 radical (unpaired) electrons. The van der Waals surface area contributed by atoms with E-state index in [0.29, 0.717) is 11.1 Å². The Labute approximate surface area is 73.4 Å². The summed E-state index contributed by atoms with van der Waals surface area (Å²) in [4.78, 5) is 13.8. The average Bonchev–Trinajstić information content (AvgIpc) is 2.48. The van der Waals surface area contributed by atoms with Crippen molar-refractivity contribution in [3.8, 4) is 0 Å². The van der Waals surface area contributed by atoms with Gasteiger partial charge in [0.2, 0.25) is 0 Å². The lowest BCUT2D eigenvalue weighted by Crippen LogP contribution is -1.97. The number of benzene rings is 1. The summed E-state index contributed by atoms with van der Waals surface area (Å²) in [6.45, 7) is 0. The molecule has 1 heterocycles. The van der Waals surface area contributed by atoms with E-state index in [4.69, 9.17) is 5.41 Å². The Balaban J connectivity index is 2.70. The Kier molecular flexibility index (Phi) is 1.45. The van der Waals surface area contributed by atoms with E-state index in [-0.39, 0.29) is 11.5 Å². The molecule has 64 valence electrons. The number of hydrogen-bond acceptors (Lipinski definition) is 3. The van der Waals surface area contributed by atoms with Gasteiger partial charge in [0.15, 0.2) is 5.84 Å². The Morgan fingerprint density at radius 3 is 2.92 bits per heavy atom. The van der Waals surface area contributed by atoms with Crippen LogP contribution in [0.1, 0.15) is 11.1 Å². The van der Waals surface area contributed by atoms with E-state index < -0.39 is 4.92 Å². The zero-order valence-corrected chi connectivity index (χ0v) is 6.52. The van der Waals surface area contributed by atoms with Crippen LogP contribution >= 0.6 is 0 Å². The zero-order valence-electron chi connectivity index (χ0n) is 6.52. The van der Waals surface area contributed by atoms with Gasteiger partial charge in [-0.1, -0.05) is 12.1 Å². The molecule has 0 saturated heterocycles. The molecular weight excluding hydrogens is 170 g/mol. The van der Waals surface area contributed by atoms with Crippen molar-refractivity contribution in [1.29, 1.82) is 5.41 Å². The topological polar surface area (TPSA) is 79.3 Å². The molecule has 0 aliphatic carbocycles. The van der Waals surface area contributed by atoms with Crippen LogP contribution in [-0.2, 0) is 0 Å². The molecule has 0 atom stereocenters. The first-order valence-electron chi connectivity index (χ1n) is 3.60. The molecule has 13 heavy (non-hydrogen) atoms. The van der Waals surface area contributed by atoms with E-state index >= 15 is 0 Å². The van der Waals surface area contributed by atoms with Gasteiger partial charge in [0, 0.05) is 17.8 Å². The van der Waals surface area contributed by atoms with E-state index in [1.165, 1.54) is 12.3 Å². The van der Waals surface area contributed by atoms with Crippen LogP contribution in [0.3, 0.4) is 0 Å². The predicted molar refractivity (Wildman–Crippen MR) is 47.5 cm³/mol. The van der Waals surface area contributed by atoms with Crippen LogP contribution in [0, 0.1) is 15.5 Å². The average molecular weight is 175 g/mol. The van der Waals surface area contributed by atoms with Crippen molar-refractivity contribution in [3.05, 3.63) is 39.4 Å². The molecule has 5 heteroatoms. The van der Waals surface area contributed by atoms with Gasteiger partial charge in [-0.05, 0) is 0 Å². The summed E-state index contributed by atoms with van der Waals surface area (Å²) in [7, 11) is 0. The van der Waals surface area contributed by atoms with Crippen LogP contribution in [0.2, 0.25) is 0 Å². The minimum absolute atomic E-state index is 0.00324. The highest BCUT2D eigenvalue weighted by atomic mass is 16.6. The van der Waals surface area contributed by atoms with Crippen molar-refractivity contribution in [3.63, 3.8) is 0 Å². The van der Waals surface area contributed by atoms with Crippen LogP contribution in [0.5, 0.6) is 0 Å². The molecule has 2 rings (SSSR count). The predicted octanol–water partition coefficient (Wildman–Crippen LogP) is 1.35. The monoisotopic (exact) mass is 175 g/mol. The van der Waals surface area contributed by atoms with E-state index in [0.717, 1.165) is 0 Å². The number of nitrogens with one attached hydrogen (secondary N) is 1. The Morgan fingerprint density at radius 1 is 1.46 bits per heavy atom. The van der Waals surface area contributed by atoms with E-state index in [2.05, 4.69) is 4.99 Å². The lowest BCUT2D eigenvalue weighted by molar-refractivity contribution is -0.385. The van der Waals surface area contributed by atoms with Crippen molar-refractivity contribution < 1.29 is 4.92 Å². The summed E-state index contributed by atoms with van der Waals surface area (Å²) in [6, 6.07) is 4.61. The number of hydrogen-bond donors (Lipinski definition) is 1. The molecule has 1 aromatic rings. The second-order valence-electron chi connectivity index (χ2n) is 2.60. The summed E-state index contributed by atoms with van der Waals surface area (Å²) in [5.41, 5.74) is 0.954. The Hall–Kier alpha value is -2.04. The zero-order chi connectivity index (χ0) is 9.42. The molecule has 5 nitrogen and oxygen atoms in total. The molecule has 1 N–H and O–H groups in total. The molecule has 0 aromatic heterocycles. The summed E-state index contributed by atoms with van der Waals surface area (Å²) in [5, 5.41) is 17.9. The summed E-state index contributed by atoms with van der Waals surface area (Å²) < 4.78 is 0. The van der Waals surface area contributed by atoms with Gasteiger partial charge < -0.3 is 0 Å². The number of rotatable bonds is 1. The lowest BCUT2D eigenvalue weighted by Gasteiger charge is -1.96. The highest BCUT2D eigenvalue weighted by molar-refractivity contribution is 6.15. The largest absolute Gasteiger partial charge is 0.282 e. The molecule has 0 spiro atoms. The van der Waals surface area contributed by atoms with Crippen LogP contribution < -0.4 is 0 Å². The molecule has 1 aliphatic rings. The van der Waals surface area contributed by atoms with Crippen molar-refractivity contribution >= 4 is 17.7 Å². The van der Waals surface area contributed by atoms with Gasteiger partial charge in [0.1, 0.15) is 0 Å². The third-order valence-electron chi connectivity index (χ3n) is 1.86. The van der Waals surface area contributed by atoms with Crippen molar-refractivity contribution in [2.75, 3.05) is 0 Å². The first-order chi connectivity index (χ1) is 6.20. The molecule has 0 fully saturated rings. The van der Waals surface area contributed by atoms with Crippen molar-refractivity contribution in [2.45, 2.75) is 0 Å². The van der Waals surface area contributed by atoms with Crippen LogP contribution in [0.15, 0.2) is 23.2 Å². The van der Waals surface area contributed by atoms with Crippen LogP contribution in [0.25, 0.3) is 0 Å². The van der Waals surface area contributed by atoms with Crippen molar-refractivity contribution in [2.24, 2.45) is 4.99 Å². The lowest BCUT2D eigenvalue weighted by atomic mass is 10.1. The van der Waals surface area contributed by atoms with Gasteiger partial charge in [-0.25, -0.2) is 4.99 Å². The smallest absolute Gasteiger partial charge is 0.278 e. The summed E-state index contributed by atoms with van der Waals surface area (Å²) in [6.07, 6.45) is 1.36. The molecule has 0 bridgehead atoms. The first kappa shape index (κ1) is 7.60. The summed E-state index contributed by atoms with van der Waals surface area (Å²) >= 11 is 0. The molecule has 1 aliphatic heterocycles. The van der Waals surface area contributed by atoms with E-state index in [1.54, 1.807) is 12.1 Å². The standard InChI is InChI=1S/C8H5N3O2/c9-8-5-2-1-3-7(11(12)13)6(5)4-10-8/h1-4,9H. The Morgan fingerprint density at radius 2 is 2.23 bits per heavy atom. The maximum Gasteiger partial charge on any atom is 0.278 e. The molecule has 0 amide bonds. The third-order valence-corrected chi connectivity index (χ3v) is 1.86. The number of fused-ring (bicyclic) bond motifs is 1. The summed E-state index contributed by atoms with van der Waals surface area (Å²) in [5.74, 6) is 0.0821. The van der Waals surface area contributed by atoms with E-state index in [1.807, 2.05) is 0 Å². The fourth-order valence-corrected chi connectivity index (χ4v) is 1.25. The number of nitrogens with zero attached hydrogens (tertiary/aromatic N) is 2. The minimum Gasteiger partial charge on any atom is -0.282 e. The number of nitro groups is 1. The van der Waals surface area contributed by atoms with Gasteiger partial charge >= 0.3 is 0 Å². The number of aliphatic imine (C=N–C) groups is 1. The van der Waals surface area contributed by atoms with Crippen molar-refractivity contribution in [1.82, 2.24) is 0 Å². The highest BCUT2D eigenvalue weighted by Gasteiger charge is 2.21. The minimum atomic E-state index is -0.469. The van der Waals surface area contributed by atoms with Gasteiger partial charge in [0.25, 0.3) is 5.69 Å². The maximum atomic E-state index is 10.5.